The Kier molecular flexibility index (Phi) is 5.27. The van der Waals surface area contributed by atoms with Crippen LogP contribution in [0.2, 0.25) is 0 Å². The number of H-pyrrole nitrogens is 1. The number of hydrogen-bond donors (Lipinski definition) is 2. The first kappa shape index (κ1) is 19.7. The van der Waals surface area contributed by atoms with Crippen molar-refractivity contribution in [2.45, 2.75) is 18.8 Å². The first-order valence-electron chi connectivity index (χ1n) is 9.66. The Morgan fingerprint density at radius 2 is 1.83 bits per heavy atom. The summed E-state index contributed by atoms with van der Waals surface area (Å²) in [5, 5.41) is 3.54. The lowest BCUT2D eigenvalue weighted by molar-refractivity contribution is -0.139. The zero-order chi connectivity index (χ0) is 21.3. The summed E-state index contributed by atoms with van der Waals surface area (Å²) in [6, 6.07) is 15.0. The van der Waals surface area contributed by atoms with Crippen LogP contribution in [0.5, 0.6) is 0 Å². The summed E-state index contributed by atoms with van der Waals surface area (Å²) in [4.78, 5) is 39.7. The molecule has 2 aromatic carbocycles. The molecule has 2 atom stereocenters. The van der Waals surface area contributed by atoms with Gasteiger partial charge in [0.15, 0.2) is 0 Å². The summed E-state index contributed by atoms with van der Waals surface area (Å²) < 4.78 is 9.59. The lowest BCUT2D eigenvalue weighted by Crippen LogP contribution is -2.15. The summed E-state index contributed by atoms with van der Waals surface area (Å²) in [6.07, 6.45) is 0.849. The number of methoxy groups -OCH3 is 2. The number of fused-ring (bicyclic) bond motifs is 1. The van der Waals surface area contributed by atoms with E-state index < -0.39 is 11.9 Å². The van der Waals surface area contributed by atoms with Crippen LogP contribution in [0, 0.1) is 5.92 Å². The average molecular weight is 406 g/mol. The number of rotatable bonds is 6. The summed E-state index contributed by atoms with van der Waals surface area (Å²) in [5.41, 5.74) is 3.20. The van der Waals surface area contributed by atoms with E-state index in [-0.39, 0.29) is 24.2 Å². The molecule has 7 nitrogen and oxygen atoms in total. The Hall–Kier alpha value is -3.61. The highest BCUT2D eigenvalue weighted by Gasteiger charge is 2.43. The van der Waals surface area contributed by atoms with Crippen molar-refractivity contribution in [2.24, 2.45) is 5.92 Å². The number of hydrogen-bond acceptors (Lipinski definition) is 5. The predicted molar refractivity (Wildman–Crippen MR) is 111 cm³/mol. The topological polar surface area (TPSA) is 97.5 Å². The van der Waals surface area contributed by atoms with Crippen molar-refractivity contribution in [1.82, 2.24) is 4.98 Å². The van der Waals surface area contributed by atoms with Gasteiger partial charge in [0.1, 0.15) is 0 Å². The largest absolute Gasteiger partial charge is 0.469 e. The van der Waals surface area contributed by atoms with Crippen LogP contribution in [0.3, 0.4) is 0 Å². The third-order valence-corrected chi connectivity index (χ3v) is 5.38. The van der Waals surface area contributed by atoms with E-state index in [0.29, 0.717) is 27.8 Å². The van der Waals surface area contributed by atoms with Gasteiger partial charge in [-0.05, 0) is 36.1 Å². The molecular formula is C23H22N2O5. The quantitative estimate of drug-likeness (QED) is 0.612. The van der Waals surface area contributed by atoms with Crippen molar-refractivity contribution in [3.63, 3.8) is 0 Å². The molecule has 1 aliphatic carbocycles. The third kappa shape index (κ3) is 3.91. The molecule has 0 bridgehead atoms. The van der Waals surface area contributed by atoms with Gasteiger partial charge >= 0.3 is 11.9 Å². The number of aromatic amines is 1. The van der Waals surface area contributed by atoms with Crippen LogP contribution in [0.25, 0.3) is 10.9 Å². The Morgan fingerprint density at radius 1 is 1.07 bits per heavy atom. The van der Waals surface area contributed by atoms with Crippen molar-refractivity contribution in [3.8, 4) is 0 Å². The minimum absolute atomic E-state index is 0.0499. The smallest absolute Gasteiger partial charge is 0.338 e. The molecule has 30 heavy (non-hydrogen) atoms. The summed E-state index contributed by atoms with van der Waals surface area (Å²) in [7, 11) is 2.62. The second-order valence-electron chi connectivity index (χ2n) is 7.37. The number of nitrogens with one attached hydrogen (secondary N) is 2. The van der Waals surface area contributed by atoms with Gasteiger partial charge in [0.25, 0.3) is 0 Å². The minimum Gasteiger partial charge on any atom is -0.469 e. The Balaban J connectivity index is 1.58. The second kappa shape index (κ2) is 8.02. The predicted octanol–water partition coefficient (Wildman–Crippen LogP) is 3.41. The van der Waals surface area contributed by atoms with Gasteiger partial charge in [0, 0.05) is 28.2 Å². The first-order valence-corrected chi connectivity index (χ1v) is 9.66. The molecule has 0 saturated heterocycles. The molecule has 1 heterocycles. The molecular weight excluding hydrogens is 384 g/mol. The zero-order valence-corrected chi connectivity index (χ0v) is 16.7. The molecule has 0 spiro atoms. The van der Waals surface area contributed by atoms with E-state index in [0.717, 1.165) is 12.0 Å². The highest BCUT2D eigenvalue weighted by molar-refractivity contribution is 6.07. The van der Waals surface area contributed by atoms with Gasteiger partial charge in [-0.15, -0.1) is 0 Å². The lowest BCUT2D eigenvalue weighted by atomic mass is 10.1. The first-order chi connectivity index (χ1) is 14.5. The van der Waals surface area contributed by atoms with Crippen LogP contribution in [0.1, 0.15) is 34.0 Å². The molecule has 2 N–H and O–H groups in total. The Labute approximate surface area is 173 Å². The third-order valence-electron chi connectivity index (χ3n) is 5.38. The molecule has 1 saturated carbocycles. The highest BCUT2D eigenvalue weighted by Crippen LogP contribution is 2.48. The van der Waals surface area contributed by atoms with Gasteiger partial charge in [-0.2, -0.15) is 0 Å². The van der Waals surface area contributed by atoms with Crippen LogP contribution in [-0.2, 0) is 25.5 Å². The number of benzene rings is 2. The lowest BCUT2D eigenvalue weighted by Gasteiger charge is -2.08. The molecule has 3 aromatic rings. The van der Waals surface area contributed by atoms with E-state index in [2.05, 4.69) is 10.3 Å². The normalized spacial score (nSPS) is 17.4. The van der Waals surface area contributed by atoms with Crippen molar-refractivity contribution < 1.29 is 23.9 Å². The minimum atomic E-state index is -0.520. The van der Waals surface area contributed by atoms with E-state index in [9.17, 15) is 14.4 Å². The van der Waals surface area contributed by atoms with E-state index in [4.69, 9.17) is 9.47 Å². The Bertz CT molecular complexity index is 1120. The average Bonchev–Trinajstić information content (AvgIpc) is 3.47. The van der Waals surface area contributed by atoms with E-state index in [1.807, 2.05) is 30.3 Å². The maximum absolute atomic E-state index is 12.7. The fourth-order valence-electron chi connectivity index (χ4n) is 3.76. The van der Waals surface area contributed by atoms with Crippen molar-refractivity contribution in [3.05, 3.63) is 65.4 Å². The van der Waals surface area contributed by atoms with Gasteiger partial charge in [0.05, 0.1) is 26.2 Å². The van der Waals surface area contributed by atoms with Gasteiger partial charge in [-0.25, -0.2) is 4.79 Å². The van der Waals surface area contributed by atoms with Gasteiger partial charge in [0.2, 0.25) is 5.91 Å². The molecule has 154 valence electrons. The van der Waals surface area contributed by atoms with Crippen LogP contribution in [-0.4, -0.2) is 37.0 Å². The molecule has 0 aliphatic heterocycles. The number of aromatic nitrogens is 1. The van der Waals surface area contributed by atoms with E-state index in [1.165, 1.54) is 14.2 Å². The maximum Gasteiger partial charge on any atom is 0.338 e. The molecule has 2 unspecified atom stereocenters. The molecule has 7 heteroatoms. The van der Waals surface area contributed by atoms with E-state index in [1.54, 1.807) is 18.2 Å². The molecule has 4 rings (SSSR count). The van der Waals surface area contributed by atoms with Gasteiger partial charge in [-0.3, -0.25) is 9.59 Å². The number of ether oxygens (including phenoxy) is 2. The second-order valence-corrected chi connectivity index (χ2v) is 7.37. The zero-order valence-electron chi connectivity index (χ0n) is 16.7. The summed E-state index contributed by atoms with van der Waals surface area (Å²) >= 11 is 0. The molecule has 1 aromatic heterocycles. The monoisotopic (exact) mass is 406 g/mol. The number of amides is 1. The summed E-state index contributed by atoms with van der Waals surface area (Å²) in [5.74, 6) is -0.876. The SMILES string of the molecule is COC(=O)Cc1cc2c(C(=O)OC)cc(NC(=O)C3CC3c3ccccc3)cc2[nH]1. The van der Waals surface area contributed by atoms with E-state index >= 15 is 0 Å². The molecule has 1 fully saturated rings. The molecule has 1 aliphatic rings. The van der Waals surface area contributed by atoms with Crippen molar-refractivity contribution >= 4 is 34.4 Å². The molecule has 1 amide bonds. The number of anilines is 1. The van der Waals surface area contributed by atoms with Crippen LogP contribution in [0.15, 0.2) is 48.5 Å². The van der Waals surface area contributed by atoms with Crippen LogP contribution in [0.4, 0.5) is 5.69 Å². The fraction of sp³-hybridized carbons (Fsp3) is 0.261. The van der Waals surface area contributed by atoms with Crippen LogP contribution < -0.4 is 5.32 Å². The number of carbonyl (C=O) groups excluding carboxylic acids is 3. The highest BCUT2D eigenvalue weighted by atomic mass is 16.5. The van der Waals surface area contributed by atoms with Gasteiger partial charge < -0.3 is 19.8 Å². The number of esters is 2. The van der Waals surface area contributed by atoms with Gasteiger partial charge in [-0.1, -0.05) is 30.3 Å². The van der Waals surface area contributed by atoms with Crippen molar-refractivity contribution in [2.75, 3.05) is 19.5 Å². The Morgan fingerprint density at radius 3 is 2.53 bits per heavy atom. The van der Waals surface area contributed by atoms with Crippen molar-refractivity contribution in [1.29, 1.82) is 0 Å². The standard InChI is InChI=1S/C23H22N2O5/c1-29-21(26)11-15-8-17-19(23(28)30-2)9-14(10-20(17)24-15)25-22(27)18-12-16(18)13-6-4-3-5-7-13/h3-10,16,18,24H,11-12H2,1-2H3,(H,25,27). The number of carbonyl (C=O) groups is 3. The molecule has 0 radical (unpaired) electrons. The fourth-order valence-corrected chi connectivity index (χ4v) is 3.76. The summed E-state index contributed by atoms with van der Waals surface area (Å²) in [6.45, 7) is 0. The maximum atomic E-state index is 12.7. The van der Waals surface area contributed by atoms with Crippen LogP contribution >= 0.6 is 0 Å².